The molecule has 0 aromatic rings. The molecule has 2 aliphatic heterocycles. The van der Waals surface area contributed by atoms with E-state index in [4.69, 9.17) is 4.74 Å². The summed E-state index contributed by atoms with van der Waals surface area (Å²) in [5.74, 6) is -0.173. The molecule has 2 rings (SSSR count). The highest BCUT2D eigenvalue weighted by Crippen LogP contribution is 2.31. The number of esters is 2. The summed E-state index contributed by atoms with van der Waals surface area (Å²) in [5, 5.41) is 0. The second-order valence-corrected chi connectivity index (χ2v) is 5.30. The van der Waals surface area contributed by atoms with E-state index < -0.39 is 0 Å². The van der Waals surface area contributed by atoms with Gasteiger partial charge in [-0.15, -0.1) is 0 Å². The third-order valence-corrected chi connectivity index (χ3v) is 3.36. The summed E-state index contributed by atoms with van der Waals surface area (Å²) in [6.07, 6.45) is 11.1. The van der Waals surface area contributed by atoms with Crippen molar-refractivity contribution in [3.63, 3.8) is 0 Å². The van der Waals surface area contributed by atoms with Gasteiger partial charge >= 0.3 is 11.9 Å². The van der Waals surface area contributed by atoms with E-state index in [1.807, 2.05) is 0 Å². The van der Waals surface area contributed by atoms with Crippen LogP contribution < -0.4 is 0 Å². The highest BCUT2D eigenvalue weighted by molar-refractivity contribution is 5.73. The van der Waals surface area contributed by atoms with Gasteiger partial charge in [-0.3, -0.25) is 9.59 Å². The number of ether oxygens (including phenoxy) is 2. The van der Waals surface area contributed by atoms with Crippen molar-refractivity contribution in [2.75, 3.05) is 0 Å². The molecule has 2 heterocycles. The Kier molecular flexibility index (Phi) is 6.60. The normalized spacial score (nSPS) is 24.7. The van der Waals surface area contributed by atoms with Gasteiger partial charge in [0.05, 0.1) is 12.7 Å². The van der Waals surface area contributed by atoms with Crippen LogP contribution in [-0.4, -0.2) is 17.5 Å². The summed E-state index contributed by atoms with van der Waals surface area (Å²) in [6.45, 7) is 4.27. The average Bonchev–Trinajstić information content (AvgIpc) is 2.96. The minimum atomic E-state index is -0.157. The van der Waals surface area contributed by atoms with E-state index in [0.717, 1.165) is 12.8 Å². The largest absolute Gasteiger partial charge is 0.459 e. The van der Waals surface area contributed by atoms with Crippen molar-refractivity contribution in [2.45, 2.75) is 70.8 Å². The van der Waals surface area contributed by atoms with Crippen molar-refractivity contribution in [3.8, 4) is 0 Å². The van der Waals surface area contributed by atoms with E-state index in [1.165, 1.54) is 31.9 Å². The second-order valence-electron chi connectivity index (χ2n) is 5.30. The summed E-state index contributed by atoms with van der Waals surface area (Å²) < 4.78 is 9.62. The Morgan fingerprint density at radius 2 is 2.00 bits per heavy atom. The Balaban J connectivity index is 0.000000250. The van der Waals surface area contributed by atoms with Crippen LogP contribution >= 0.6 is 0 Å². The number of hydrogen-bond acceptors (Lipinski definition) is 4. The van der Waals surface area contributed by atoms with Crippen LogP contribution in [0.25, 0.3) is 0 Å². The molecule has 1 atom stereocenters. The predicted molar refractivity (Wildman–Crippen MR) is 72.3 cm³/mol. The molecule has 0 bridgehead atoms. The fraction of sp³-hybridized carbons (Fsp3) is 0.733. The van der Waals surface area contributed by atoms with Crippen molar-refractivity contribution in [2.24, 2.45) is 0 Å². The molecular formula is C15H24O4. The highest BCUT2D eigenvalue weighted by atomic mass is 16.6. The molecule has 0 aromatic carbocycles. The zero-order valence-corrected chi connectivity index (χ0v) is 11.9. The number of carbonyl (C=O) groups is 2. The van der Waals surface area contributed by atoms with E-state index in [-0.39, 0.29) is 17.5 Å². The molecule has 1 saturated heterocycles. The van der Waals surface area contributed by atoms with Gasteiger partial charge in [-0.1, -0.05) is 26.2 Å². The third kappa shape index (κ3) is 6.41. The van der Waals surface area contributed by atoms with Gasteiger partial charge in [-0.05, 0) is 32.3 Å². The van der Waals surface area contributed by atoms with Crippen molar-refractivity contribution in [1.82, 2.24) is 0 Å². The van der Waals surface area contributed by atoms with Gasteiger partial charge in [0.2, 0.25) is 0 Å². The Bertz CT molecular complexity index is 325. The first-order valence-electron chi connectivity index (χ1n) is 7.12. The first kappa shape index (κ1) is 15.7. The number of hydrogen-bond donors (Lipinski definition) is 0. The number of unbranched alkanes of at least 4 members (excludes halogenated alkanes) is 3. The Morgan fingerprint density at radius 3 is 2.42 bits per heavy atom. The maximum Gasteiger partial charge on any atom is 0.314 e. The van der Waals surface area contributed by atoms with Crippen LogP contribution in [0.4, 0.5) is 0 Å². The topological polar surface area (TPSA) is 52.6 Å². The summed E-state index contributed by atoms with van der Waals surface area (Å²) >= 11 is 0. The Hall–Kier alpha value is -1.32. The van der Waals surface area contributed by atoms with Crippen molar-refractivity contribution in [3.05, 3.63) is 12.3 Å². The van der Waals surface area contributed by atoms with E-state index in [2.05, 4.69) is 18.6 Å². The molecular weight excluding hydrogens is 244 g/mol. The summed E-state index contributed by atoms with van der Waals surface area (Å²) in [7, 11) is 0. The van der Waals surface area contributed by atoms with Gasteiger partial charge in [0.25, 0.3) is 0 Å². The molecule has 0 spiro atoms. The molecule has 1 unspecified atom stereocenters. The molecule has 2 aliphatic rings. The molecule has 4 heteroatoms. The average molecular weight is 268 g/mol. The SMILES string of the molecule is CCCCCCC1(C)CCC(=O)O1.O=C1CC=CO1. The number of carbonyl (C=O) groups excluding carboxylic acids is 2. The van der Waals surface area contributed by atoms with E-state index in [9.17, 15) is 9.59 Å². The molecule has 0 aromatic heterocycles. The monoisotopic (exact) mass is 268 g/mol. The predicted octanol–water partition coefficient (Wildman–Crippen LogP) is 3.50. The van der Waals surface area contributed by atoms with Crippen LogP contribution in [0.5, 0.6) is 0 Å². The van der Waals surface area contributed by atoms with E-state index >= 15 is 0 Å². The summed E-state index contributed by atoms with van der Waals surface area (Å²) in [5.41, 5.74) is -0.134. The molecule has 0 radical (unpaired) electrons. The molecule has 1 fully saturated rings. The Morgan fingerprint density at radius 1 is 1.21 bits per heavy atom. The lowest BCUT2D eigenvalue weighted by atomic mass is 9.95. The molecule has 4 nitrogen and oxygen atoms in total. The molecule has 19 heavy (non-hydrogen) atoms. The molecule has 108 valence electrons. The van der Waals surface area contributed by atoms with Crippen LogP contribution in [0.3, 0.4) is 0 Å². The van der Waals surface area contributed by atoms with Crippen molar-refractivity contribution < 1.29 is 19.1 Å². The minimum Gasteiger partial charge on any atom is -0.459 e. The van der Waals surface area contributed by atoms with Crippen molar-refractivity contribution >= 4 is 11.9 Å². The number of cyclic esters (lactones) is 2. The van der Waals surface area contributed by atoms with Crippen LogP contribution in [-0.2, 0) is 19.1 Å². The van der Waals surface area contributed by atoms with Gasteiger partial charge in [0, 0.05) is 6.42 Å². The first-order chi connectivity index (χ1) is 9.06. The smallest absolute Gasteiger partial charge is 0.314 e. The lowest BCUT2D eigenvalue weighted by Gasteiger charge is -2.22. The third-order valence-electron chi connectivity index (χ3n) is 3.36. The lowest BCUT2D eigenvalue weighted by molar-refractivity contribution is -0.147. The van der Waals surface area contributed by atoms with Gasteiger partial charge in [0.1, 0.15) is 5.60 Å². The standard InChI is InChI=1S/C11H20O2.C4H4O2/c1-3-4-5-6-8-11(2)9-7-10(12)13-11;5-4-2-1-3-6-4/h3-9H2,1-2H3;1,3H,2H2. The van der Waals surface area contributed by atoms with Crippen LogP contribution in [0.15, 0.2) is 12.3 Å². The molecule has 0 saturated carbocycles. The molecule has 0 N–H and O–H groups in total. The quantitative estimate of drug-likeness (QED) is 0.565. The number of rotatable bonds is 5. The zero-order valence-electron chi connectivity index (χ0n) is 11.9. The van der Waals surface area contributed by atoms with Gasteiger partial charge in [0.15, 0.2) is 0 Å². The second kappa shape index (κ2) is 7.97. The maximum atomic E-state index is 10.9. The van der Waals surface area contributed by atoms with E-state index in [0.29, 0.717) is 12.8 Å². The lowest BCUT2D eigenvalue weighted by Crippen LogP contribution is -2.23. The molecule has 0 amide bonds. The Labute approximate surface area is 115 Å². The molecule has 0 aliphatic carbocycles. The van der Waals surface area contributed by atoms with Crippen LogP contribution in [0.2, 0.25) is 0 Å². The van der Waals surface area contributed by atoms with Gasteiger partial charge in [-0.2, -0.15) is 0 Å². The first-order valence-corrected chi connectivity index (χ1v) is 7.12. The van der Waals surface area contributed by atoms with Gasteiger partial charge in [-0.25, -0.2) is 0 Å². The minimum absolute atomic E-state index is 0.0157. The van der Waals surface area contributed by atoms with Crippen molar-refractivity contribution in [1.29, 1.82) is 0 Å². The van der Waals surface area contributed by atoms with Crippen LogP contribution in [0, 0.1) is 0 Å². The van der Waals surface area contributed by atoms with Gasteiger partial charge < -0.3 is 9.47 Å². The van der Waals surface area contributed by atoms with Crippen LogP contribution in [0.1, 0.15) is 65.2 Å². The highest BCUT2D eigenvalue weighted by Gasteiger charge is 2.34. The fourth-order valence-electron chi connectivity index (χ4n) is 2.16. The summed E-state index contributed by atoms with van der Waals surface area (Å²) in [6, 6.07) is 0. The zero-order chi connectivity index (χ0) is 14.1. The summed E-state index contributed by atoms with van der Waals surface area (Å²) in [4.78, 5) is 20.9. The fourth-order valence-corrected chi connectivity index (χ4v) is 2.16. The van der Waals surface area contributed by atoms with E-state index in [1.54, 1.807) is 6.08 Å². The maximum absolute atomic E-state index is 10.9.